The molecule has 1 aromatic heterocycles. The fourth-order valence-electron chi connectivity index (χ4n) is 2.06. The number of benzene rings is 1. The molecule has 1 atom stereocenters. The summed E-state index contributed by atoms with van der Waals surface area (Å²) in [6.07, 6.45) is 4.06. The first-order chi connectivity index (χ1) is 9.94. The lowest BCUT2D eigenvalue weighted by atomic mass is 10.1. The minimum atomic E-state index is -3.61. The van der Waals surface area contributed by atoms with Crippen LogP contribution >= 0.6 is 0 Å². The zero-order valence-electron chi connectivity index (χ0n) is 12.1. The molecule has 0 saturated heterocycles. The maximum atomic E-state index is 12.4. The van der Waals surface area contributed by atoms with Gasteiger partial charge in [-0.3, -0.25) is 4.98 Å². The van der Waals surface area contributed by atoms with E-state index < -0.39 is 10.0 Å². The van der Waals surface area contributed by atoms with Crippen LogP contribution in [0.3, 0.4) is 0 Å². The Hall–Kier alpha value is -1.92. The summed E-state index contributed by atoms with van der Waals surface area (Å²) >= 11 is 0. The standard InChI is InChI=1S/C15H19N3O2S/c1-3-12-6-7-14(9-15(12)16)21(19,20)18-11(2)13-5-4-8-17-10-13/h4-11,18H,3,16H2,1-2H3. The maximum absolute atomic E-state index is 12.4. The van der Waals surface area contributed by atoms with Gasteiger partial charge in [0.1, 0.15) is 0 Å². The summed E-state index contributed by atoms with van der Waals surface area (Å²) < 4.78 is 27.4. The number of anilines is 1. The van der Waals surface area contributed by atoms with Gasteiger partial charge in [0.2, 0.25) is 10.0 Å². The van der Waals surface area contributed by atoms with Gasteiger partial charge >= 0.3 is 0 Å². The van der Waals surface area contributed by atoms with Crippen LogP contribution in [-0.2, 0) is 16.4 Å². The van der Waals surface area contributed by atoms with Crippen LogP contribution in [0.25, 0.3) is 0 Å². The molecule has 6 heteroatoms. The van der Waals surface area contributed by atoms with Crippen molar-refractivity contribution < 1.29 is 8.42 Å². The lowest BCUT2D eigenvalue weighted by Crippen LogP contribution is -2.27. The molecule has 0 spiro atoms. The number of sulfonamides is 1. The molecule has 5 nitrogen and oxygen atoms in total. The summed E-state index contributed by atoms with van der Waals surface area (Å²) in [7, 11) is -3.61. The molecule has 0 aliphatic rings. The summed E-state index contributed by atoms with van der Waals surface area (Å²) in [5.41, 5.74) is 8.11. The number of nitrogens with zero attached hydrogens (tertiary/aromatic N) is 1. The minimum Gasteiger partial charge on any atom is -0.398 e. The first-order valence-corrected chi connectivity index (χ1v) is 8.23. The van der Waals surface area contributed by atoms with Crippen LogP contribution in [0.15, 0.2) is 47.6 Å². The zero-order valence-corrected chi connectivity index (χ0v) is 12.9. The highest BCUT2D eigenvalue weighted by Gasteiger charge is 2.19. The Morgan fingerprint density at radius 1 is 1.33 bits per heavy atom. The van der Waals surface area contributed by atoms with Crippen LogP contribution in [0, 0.1) is 0 Å². The molecule has 112 valence electrons. The summed E-state index contributed by atoms with van der Waals surface area (Å²) in [6, 6.07) is 8.06. The van der Waals surface area contributed by atoms with E-state index in [0.717, 1.165) is 17.5 Å². The second-order valence-corrected chi connectivity index (χ2v) is 6.56. The summed E-state index contributed by atoms with van der Waals surface area (Å²) in [5.74, 6) is 0. The SMILES string of the molecule is CCc1ccc(S(=O)(=O)NC(C)c2cccnc2)cc1N. The number of hydrogen-bond acceptors (Lipinski definition) is 4. The average molecular weight is 305 g/mol. The second kappa shape index (κ2) is 6.24. The number of pyridine rings is 1. The van der Waals surface area contributed by atoms with Gasteiger partial charge < -0.3 is 5.73 Å². The Bertz CT molecular complexity index is 715. The Kier molecular flexibility index (Phi) is 4.59. The molecular formula is C15H19N3O2S. The lowest BCUT2D eigenvalue weighted by Gasteiger charge is -2.15. The Morgan fingerprint density at radius 3 is 2.67 bits per heavy atom. The number of rotatable bonds is 5. The van der Waals surface area contributed by atoms with Gasteiger partial charge in [0.15, 0.2) is 0 Å². The van der Waals surface area contributed by atoms with E-state index in [2.05, 4.69) is 9.71 Å². The molecule has 21 heavy (non-hydrogen) atoms. The van der Waals surface area contributed by atoms with Crippen LogP contribution < -0.4 is 10.5 Å². The van der Waals surface area contributed by atoms with Crippen molar-refractivity contribution in [3.8, 4) is 0 Å². The third kappa shape index (κ3) is 3.59. The van der Waals surface area contributed by atoms with Crippen molar-refractivity contribution in [3.05, 3.63) is 53.9 Å². The van der Waals surface area contributed by atoms with Crippen LogP contribution in [-0.4, -0.2) is 13.4 Å². The van der Waals surface area contributed by atoms with Crippen molar-refractivity contribution in [3.63, 3.8) is 0 Å². The molecule has 1 unspecified atom stereocenters. The van der Waals surface area contributed by atoms with Crippen LogP contribution in [0.1, 0.15) is 31.0 Å². The predicted octanol–water partition coefficient (Wildman–Crippen LogP) is 2.27. The molecule has 2 rings (SSSR count). The molecule has 1 heterocycles. The first kappa shape index (κ1) is 15.5. The van der Waals surface area contributed by atoms with E-state index in [1.54, 1.807) is 37.5 Å². The molecule has 0 saturated carbocycles. The van der Waals surface area contributed by atoms with E-state index in [4.69, 9.17) is 5.73 Å². The largest absolute Gasteiger partial charge is 0.398 e. The zero-order chi connectivity index (χ0) is 15.5. The Labute approximate surface area is 125 Å². The van der Waals surface area contributed by atoms with Gasteiger partial charge in [-0.1, -0.05) is 19.1 Å². The highest BCUT2D eigenvalue weighted by atomic mass is 32.2. The summed E-state index contributed by atoms with van der Waals surface area (Å²) in [4.78, 5) is 4.16. The van der Waals surface area contributed by atoms with Gasteiger partial charge in [0, 0.05) is 24.1 Å². The number of nitrogens with one attached hydrogen (secondary N) is 1. The van der Waals surface area contributed by atoms with Crippen LogP contribution in [0.2, 0.25) is 0 Å². The van der Waals surface area contributed by atoms with Gasteiger partial charge in [0.25, 0.3) is 0 Å². The Morgan fingerprint density at radius 2 is 2.10 bits per heavy atom. The molecule has 3 N–H and O–H groups in total. The third-order valence-electron chi connectivity index (χ3n) is 3.32. The van der Waals surface area contributed by atoms with Gasteiger partial charge in [-0.05, 0) is 42.7 Å². The third-order valence-corrected chi connectivity index (χ3v) is 4.86. The van der Waals surface area contributed by atoms with Gasteiger partial charge in [-0.25, -0.2) is 13.1 Å². The highest BCUT2D eigenvalue weighted by molar-refractivity contribution is 7.89. The monoisotopic (exact) mass is 305 g/mol. The molecular weight excluding hydrogens is 286 g/mol. The van der Waals surface area contributed by atoms with E-state index >= 15 is 0 Å². The topological polar surface area (TPSA) is 85.1 Å². The van der Waals surface area contributed by atoms with Crippen molar-refractivity contribution in [1.29, 1.82) is 0 Å². The first-order valence-electron chi connectivity index (χ1n) is 6.74. The molecule has 0 aliphatic heterocycles. The van der Waals surface area contributed by atoms with Gasteiger partial charge in [0.05, 0.1) is 4.90 Å². The number of nitrogens with two attached hydrogens (primary N) is 1. The van der Waals surface area contributed by atoms with E-state index in [0.29, 0.717) is 5.69 Å². The van der Waals surface area contributed by atoms with Crippen molar-refractivity contribution in [2.75, 3.05) is 5.73 Å². The van der Waals surface area contributed by atoms with E-state index in [1.165, 1.54) is 6.07 Å². The van der Waals surface area contributed by atoms with Gasteiger partial charge in [-0.2, -0.15) is 0 Å². The highest BCUT2D eigenvalue weighted by Crippen LogP contribution is 2.20. The lowest BCUT2D eigenvalue weighted by molar-refractivity contribution is 0.566. The fraction of sp³-hybridized carbons (Fsp3) is 0.267. The van der Waals surface area contributed by atoms with E-state index in [-0.39, 0.29) is 10.9 Å². The fourth-order valence-corrected chi connectivity index (χ4v) is 3.33. The molecule has 1 aromatic carbocycles. The average Bonchev–Trinajstić information content (AvgIpc) is 2.47. The molecule has 0 fully saturated rings. The normalized spacial score (nSPS) is 13.0. The number of aryl methyl sites for hydroxylation is 1. The summed E-state index contributed by atoms with van der Waals surface area (Å²) in [6.45, 7) is 3.75. The van der Waals surface area contributed by atoms with Crippen LogP contribution in [0.5, 0.6) is 0 Å². The molecule has 0 radical (unpaired) electrons. The quantitative estimate of drug-likeness (QED) is 0.830. The van der Waals surface area contributed by atoms with Gasteiger partial charge in [-0.15, -0.1) is 0 Å². The minimum absolute atomic E-state index is 0.174. The number of aromatic nitrogens is 1. The predicted molar refractivity (Wildman–Crippen MR) is 83.2 cm³/mol. The molecule has 0 bridgehead atoms. The van der Waals surface area contributed by atoms with Crippen molar-refractivity contribution in [2.24, 2.45) is 0 Å². The Balaban J connectivity index is 2.24. The molecule has 2 aromatic rings. The second-order valence-electron chi connectivity index (χ2n) is 4.84. The smallest absolute Gasteiger partial charge is 0.241 e. The number of hydrogen-bond donors (Lipinski definition) is 2. The van der Waals surface area contributed by atoms with Crippen LogP contribution in [0.4, 0.5) is 5.69 Å². The van der Waals surface area contributed by atoms with Crippen molar-refractivity contribution in [1.82, 2.24) is 9.71 Å². The van der Waals surface area contributed by atoms with Crippen molar-refractivity contribution in [2.45, 2.75) is 31.2 Å². The van der Waals surface area contributed by atoms with E-state index in [1.807, 2.05) is 13.0 Å². The molecule has 0 aliphatic carbocycles. The maximum Gasteiger partial charge on any atom is 0.241 e. The molecule has 0 amide bonds. The number of nitrogen functional groups attached to an aromatic ring is 1. The summed E-state index contributed by atoms with van der Waals surface area (Å²) in [5, 5.41) is 0. The van der Waals surface area contributed by atoms with E-state index in [9.17, 15) is 8.42 Å². The van der Waals surface area contributed by atoms with Crippen molar-refractivity contribution >= 4 is 15.7 Å².